The molecule has 3 aromatic carbocycles. The van der Waals surface area contributed by atoms with Crippen LogP contribution in [-0.2, 0) is 16.6 Å². The number of nitrogens with two attached hydrogens (primary N) is 1. The number of carbonyl (C=O) groups excluding carboxylic acids is 3. The Labute approximate surface area is 263 Å². The summed E-state index contributed by atoms with van der Waals surface area (Å²) in [5, 5.41) is 10.1. The second-order valence-electron chi connectivity index (χ2n) is 12.5. The number of para-hydroxylation sites is 2. The van der Waals surface area contributed by atoms with Gasteiger partial charge in [-0.3, -0.25) is 14.4 Å². The molecule has 8 rings (SSSR count). The number of ether oxygens (including phenoxy) is 1. The lowest BCUT2D eigenvalue weighted by Gasteiger charge is -2.28. The monoisotopic (exact) mass is 616 g/mol. The van der Waals surface area contributed by atoms with Crippen LogP contribution in [0.3, 0.4) is 0 Å². The van der Waals surface area contributed by atoms with Crippen molar-refractivity contribution in [2.75, 3.05) is 11.9 Å². The molecule has 5 heterocycles. The number of benzene rings is 3. The molecule has 0 radical (unpaired) electrons. The van der Waals surface area contributed by atoms with Crippen molar-refractivity contribution in [1.82, 2.24) is 20.6 Å². The fourth-order valence-electron chi connectivity index (χ4n) is 7.01. The molecule has 4 atom stereocenters. The van der Waals surface area contributed by atoms with Crippen LogP contribution in [-0.4, -0.2) is 46.4 Å². The van der Waals surface area contributed by atoms with Gasteiger partial charge in [-0.2, -0.15) is 0 Å². The van der Waals surface area contributed by atoms with Crippen molar-refractivity contribution in [3.05, 3.63) is 113 Å². The van der Waals surface area contributed by atoms with Crippen molar-refractivity contribution in [2.24, 2.45) is 11.7 Å². The summed E-state index contributed by atoms with van der Waals surface area (Å²) in [5.41, 5.74) is 9.92. The topological polar surface area (TPSA) is 164 Å². The Bertz CT molecular complexity index is 2060. The number of nitrogens with one attached hydrogen (secondary N) is 4. The highest BCUT2D eigenvalue weighted by Gasteiger charge is 2.61. The summed E-state index contributed by atoms with van der Waals surface area (Å²) in [6, 6.07) is 19.5. The molecule has 232 valence electrons. The van der Waals surface area contributed by atoms with Gasteiger partial charge in [0.05, 0.1) is 12.6 Å². The molecule has 3 aliphatic heterocycles. The van der Waals surface area contributed by atoms with E-state index in [-0.39, 0.29) is 41.5 Å². The first-order chi connectivity index (χ1) is 22.3. The third-order valence-corrected chi connectivity index (χ3v) is 9.28. The van der Waals surface area contributed by atoms with Crippen LogP contribution >= 0.6 is 0 Å². The molecular weight excluding hydrogens is 584 g/mol. The van der Waals surface area contributed by atoms with E-state index in [1.165, 1.54) is 0 Å². The zero-order chi connectivity index (χ0) is 31.7. The average molecular weight is 617 g/mol. The van der Waals surface area contributed by atoms with E-state index in [1.54, 1.807) is 6.20 Å². The Morgan fingerprint density at radius 3 is 2.72 bits per heavy atom. The van der Waals surface area contributed by atoms with Gasteiger partial charge in [-0.15, -0.1) is 0 Å². The van der Waals surface area contributed by atoms with Crippen LogP contribution < -0.4 is 26.4 Å². The van der Waals surface area contributed by atoms with E-state index in [4.69, 9.17) is 19.9 Å². The Kier molecular flexibility index (Phi) is 6.30. The number of anilines is 1. The summed E-state index contributed by atoms with van der Waals surface area (Å²) in [6.45, 7) is 3.60. The minimum atomic E-state index is -1.10. The van der Waals surface area contributed by atoms with Crippen molar-refractivity contribution in [2.45, 2.75) is 44.0 Å². The molecule has 2 amide bonds. The maximum atomic E-state index is 14.2. The number of fused-ring (bicyclic) bond motifs is 5. The first kappa shape index (κ1) is 28.1. The number of hydrogen-bond donors (Lipinski definition) is 5. The van der Waals surface area contributed by atoms with Gasteiger partial charge in [-0.25, -0.2) is 4.98 Å². The van der Waals surface area contributed by atoms with Gasteiger partial charge >= 0.3 is 0 Å². The number of rotatable bonds is 5. The van der Waals surface area contributed by atoms with Gasteiger partial charge in [0.25, 0.3) is 5.91 Å². The second-order valence-corrected chi connectivity index (χ2v) is 12.5. The summed E-state index contributed by atoms with van der Waals surface area (Å²) < 4.78 is 13.2. The van der Waals surface area contributed by atoms with Gasteiger partial charge in [0.1, 0.15) is 17.2 Å². The van der Waals surface area contributed by atoms with Gasteiger partial charge < -0.3 is 35.8 Å². The molecule has 2 aromatic heterocycles. The number of Topliss-reactive ketones (excluding diaryl/α,β-unsaturated/α-hetero) is 1. The highest BCUT2D eigenvalue weighted by Crippen LogP contribution is 2.58. The smallest absolute Gasteiger partial charge is 0.273 e. The van der Waals surface area contributed by atoms with Gasteiger partial charge in [0.15, 0.2) is 23.5 Å². The van der Waals surface area contributed by atoms with Crippen molar-refractivity contribution >= 4 is 34.2 Å². The maximum absolute atomic E-state index is 14.2. The lowest BCUT2D eigenvalue weighted by atomic mass is 9.72. The standard InChI is InChI=1S/C35H32N6O5/c1-17(2)28-33-41-29(32(44)38-16-26(42)20-15-37-24-9-5-3-7-19(20)24)30(46-33)35-21-8-4-6-10-25(21)39-34(35)45-27-12-11-18(13-22(27)35)14-23(36)31(43)40-28/h3-13,15,17,23,28,34,37,39H,14,16,36H2,1-2H3,(H,38,44)(H,40,43)/t23-,28-,34?,35?/m0/s1. The number of ketones is 1. The fourth-order valence-corrected chi connectivity index (χ4v) is 7.01. The van der Waals surface area contributed by atoms with Gasteiger partial charge in [-0.1, -0.05) is 62.4 Å². The molecule has 0 fully saturated rings. The molecule has 6 N–H and O–H groups in total. The van der Waals surface area contributed by atoms with Crippen LogP contribution in [0.25, 0.3) is 10.9 Å². The summed E-state index contributed by atoms with van der Waals surface area (Å²) in [5.74, 6) is -0.298. The number of aromatic amines is 1. The zero-order valence-corrected chi connectivity index (χ0v) is 25.2. The quantitative estimate of drug-likeness (QED) is 0.185. The Balaban J connectivity index is 1.28. The van der Waals surface area contributed by atoms with Crippen molar-refractivity contribution < 1.29 is 23.5 Å². The maximum Gasteiger partial charge on any atom is 0.273 e. The van der Waals surface area contributed by atoms with E-state index in [0.717, 1.165) is 33.3 Å². The molecular formula is C35H32N6O5. The Morgan fingerprint density at radius 2 is 1.87 bits per heavy atom. The van der Waals surface area contributed by atoms with E-state index in [0.29, 0.717) is 17.7 Å². The predicted molar refractivity (Wildman–Crippen MR) is 170 cm³/mol. The SMILES string of the molecule is CC(C)[C@@H]1NC(=O)[C@@H](N)Cc2ccc3c(c2)C2(c4ccccc4NC2O3)c2oc1nc2C(=O)NCC(=O)c1c[nH]c2ccccc12. The first-order valence-electron chi connectivity index (χ1n) is 15.4. The van der Waals surface area contributed by atoms with Crippen LogP contribution in [0.4, 0.5) is 5.69 Å². The molecule has 11 nitrogen and oxygen atoms in total. The van der Waals surface area contributed by atoms with Crippen LogP contribution in [0.1, 0.15) is 69.1 Å². The van der Waals surface area contributed by atoms with Gasteiger partial charge in [0.2, 0.25) is 11.8 Å². The summed E-state index contributed by atoms with van der Waals surface area (Å²) in [6.07, 6.45) is 1.30. The molecule has 0 aliphatic carbocycles. The second kappa shape index (κ2) is 10.3. The largest absolute Gasteiger partial charge is 0.469 e. The Morgan fingerprint density at radius 1 is 1.07 bits per heavy atom. The molecule has 0 saturated heterocycles. The first-order valence-corrected chi connectivity index (χ1v) is 15.4. The molecule has 5 aromatic rings. The molecule has 4 bridgehead atoms. The number of H-pyrrole nitrogens is 1. The van der Waals surface area contributed by atoms with Crippen LogP contribution in [0, 0.1) is 5.92 Å². The average Bonchev–Trinajstić information content (AvgIpc) is 3.81. The van der Waals surface area contributed by atoms with E-state index >= 15 is 0 Å². The van der Waals surface area contributed by atoms with E-state index in [9.17, 15) is 14.4 Å². The lowest BCUT2D eigenvalue weighted by molar-refractivity contribution is -0.123. The van der Waals surface area contributed by atoms with Crippen molar-refractivity contribution in [3.8, 4) is 5.75 Å². The molecule has 46 heavy (non-hydrogen) atoms. The predicted octanol–water partition coefficient (Wildman–Crippen LogP) is 3.94. The number of hydrogen-bond acceptors (Lipinski definition) is 8. The number of nitrogens with zero attached hydrogens (tertiary/aromatic N) is 1. The highest BCUT2D eigenvalue weighted by atomic mass is 16.5. The lowest BCUT2D eigenvalue weighted by Crippen LogP contribution is -2.45. The fraction of sp³-hybridized carbons (Fsp3) is 0.257. The molecule has 1 spiro atoms. The summed E-state index contributed by atoms with van der Waals surface area (Å²) in [4.78, 5) is 48.7. The highest BCUT2D eigenvalue weighted by molar-refractivity contribution is 6.10. The van der Waals surface area contributed by atoms with Crippen LogP contribution in [0.5, 0.6) is 5.75 Å². The number of carbonyl (C=O) groups is 3. The molecule has 3 aliphatic rings. The van der Waals surface area contributed by atoms with Gasteiger partial charge in [-0.05, 0) is 41.7 Å². The molecule has 0 saturated carbocycles. The molecule has 11 heteroatoms. The summed E-state index contributed by atoms with van der Waals surface area (Å²) >= 11 is 0. The summed E-state index contributed by atoms with van der Waals surface area (Å²) in [7, 11) is 0. The van der Waals surface area contributed by atoms with E-state index in [1.807, 2.05) is 80.6 Å². The van der Waals surface area contributed by atoms with E-state index in [2.05, 4.69) is 20.9 Å². The number of oxazole rings is 1. The van der Waals surface area contributed by atoms with Gasteiger partial charge in [0, 0.05) is 33.9 Å². The third-order valence-electron chi connectivity index (χ3n) is 9.28. The zero-order valence-electron chi connectivity index (χ0n) is 25.2. The van der Waals surface area contributed by atoms with Crippen molar-refractivity contribution in [3.63, 3.8) is 0 Å². The third kappa shape index (κ3) is 4.08. The minimum Gasteiger partial charge on any atom is -0.469 e. The molecule has 2 unspecified atom stereocenters. The van der Waals surface area contributed by atoms with E-state index < -0.39 is 29.6 Å². The van der Waals surface area contributed by atoms with Crippen molar-refractivity contribution in [1.29, 1.82) is 0 Å². The number of amides is 2. The van der Waals surface area contributed by atoms with Crippen LogP contribution in [0.2, 0.25) is 0 Å². The normalized spacial score (nSPS) is 22.6. The van der Waals surface area contributed by atoms with Crippen LogP contribution in [0.15, 0.2) is 77.3 Å². The number of aromatic nitrogens is 2. The minimum absolute atomic E-state index is 0.00975. The Hall–Kier alpha value is -5.42.